The van der Waals surface area contributed by atoms with Crippen molar-refractivity contribution < 1.29 is 9.90 Å². The topological polar surface area (TPSA) is 49.3 Å². The van der Waals surface area contributed by atoms with E-state index >= 15 is 0 Å². The van der Waals surface area contributed by atoms with E-state index in [-0.39, 0.29) is 5.92 Å². The van der Waals surface area contributed by atoms with Crippen LogP contribution in [0.1, 0.15) is 39.0 Å². The minimum Gasteiger partial charge on any atom is -0.481 e. The summed E-state index contributed by atoms with van der Waals surface area (Å²) in [6.07, 6.45) is 6.02. The van der Waals surface area contributed by atoms with E-state index in [4.69, 9.17) is 5.11 Å². The standard InChI is InChI=1S/C11H21NO2/c1-2-3-4-5-6-9-7-12-8-10(9)11(13)14/h9-10,12H,2-8H2,1H3,(H,13,14)/t9-,10-/m0/s1. The molecule has 1 heterocycles. The quantitative estimate of drug-likeness (QED) is 0.642. The Balaban J connectivity index is 2.19. The van der Waals surface area contributed by atoms with Gasteiger partial charge in [0.05, 0.1) is 5.92 Å². The van der Waals surface area contributed by atoms with Crippen molar-refractivity contribution in [3.05, 3.63) is 0 Å². The Morgan fingerprint density at radius 3 is 2.79 bits per heavy atom. The van der Waals surface area contributed by atoms with Gasteiger partial charge < -0.3 is 10.4 Å². The van der Waals surface area contributed by atoms with Crippen LogP contribution in [0.3, 0.4) is 0 Å². The predicted molar refractivity (Wildman–Crippen MR) is 56.2 cm³/mol. The van der Waals surface area contributed by atoms with Crippen molar-refractivity contribution >= 4 is 5.97 Å². The molecule has 82 valence electrons. The normalized spacial score (nSPS) is 26.6. The van der Waals surface area contributed by atoms with Crippen LogP contribution in [0.15, 0.2) is 0 Å². The summed E-state index contributed by atoms with van der Waals surface area (Å²) in [5.41, 5.74) is 0. The SMILES string of the molecule is CCCCCC[C@H]1CNC[C@@H]1C(=O)O. The summed E-state index contributed by atoms with van der Waals surface area (Å²) in [6.45, 7) is 3.74. The van der Waals surface area contributed by atoms with Crippen molar-refractivity contribution in [1.29, 1.82) is 0 Å². The summed E-state index contributed by atoms with van der Waals surface area (Å²) >= 11 is 0. The lowest BCUT2D eigenvalue weighted by molar-refractivity contribution is -0.142. The molecule has 0 radical (unpaired) electrons. The first-order chi connectivity index (χ1) is 6.75. The number of hydrogen-bond donors (Lipinski definition) is 2. The highest BCUT2D eigenvalue weighted by molar-refractivity contribution is 5.71. The number of nitrogens with one attached hydrogen (secondary N) is 1. The summed E-state index contributed by atoms with van der Waals surface area (Å²) in [5.74, 6) is -0.406. The van der Waals surface area contributed by atoms with E-state index in [0.29, 0.717) is 12.5 Å². The van der Waals surface area contributed by atoms with Crippen molar-refractivity contribution in [3.8, 4) is 0 Å². The monoisotopic (exact) mass is 199 g/mol. The van der Waals surface area contributed by atoms with Gasteiger partial charge >= 0.3 is 5.97 Å². The predicted octanol–water partition coefficient (Wildman–Crippen LogP) is 1.88. The molecule has 0 spiro atoms. The Labute approximate surface area is 85.9 Å². The molecule has 14 heavy (non-hydrogen) atoms. The van der Waals surface area contributed by atoms with E-state index in [1.54, 1.807) is 0 Å². The fourth-order valence-corrected chi connectivity index (χ4v) is 2.16. The lowest BCUT2D eigenvalue weighted by atomic mass is 9.91. The highest BCUT2D eigenvalue weighted by atomic mass is 16.4. The smallest absolute Gasteiger partial charge is 0.308 e. The molecule has 1 saturated heterocycles. The summed E-state index contributed by atoms with van der Waals surface area (Å²) in [4.78, 5) is 10.9. The zero-order chi connectivity index (χ0) is 10.4. The van der Waals surface area contributed by atoms with Crippen molar-refractivity contribution in [2.75, 3.05) is 13.1 Å². The molecular weight excluding hydrogens is 178 g/mol. The molecule has 0 aromatic heterocycles. The fourth-order valence-electron chi connectivity index (χ4n) is 2.16. The van der Waals surface area contributed by atoms with Gasteiger partial charge in [-0.15, -0.1) is 0 Å². The maximum atomic E-state index is 10.9. The average molecular weight is 199 g/mol. The van der Waals surface area contributed by atoms with Gasteiger partial charge in [-0.25, -0.2) is 0 Å². The number of carboxylic acid groups (broad SMARTS) is 1. The molecule has 3 nitrogen and oxygen atoms in total. The van der Waals surface area contributed by atoms with Crippen LogP contribution in [0.5, 0.6) is 0 Å². The van der Waals surface area contributed by atoms with Gasteiger partial charge in [0, 0.05) is 6.54 Å². The summed E-state index contributed by atoms with van der Waals surface area (Å²) in [6, 6.07) is 0. The molecule has 1 aliphatic rings. The molecule has 0 saturated carbocycles. The van der Waals surface area contributed by atoms with Crippen LogP contribution < -0.4 is 5.32 Å². The highest BCUT2D eigenvalue weighted by Crippen LogP contribution is 2.23. The van der Waals surface area contributed by atoms with E-state index in [2.05, 4.69) is 12.2 Å². The van der Waals surface area contributed by atoms with Crippen LogP contribution in [-0.2, 0) is 4.79 Å². The molecular formula is C11H21NO2. The number of unbranched alkanes of at least 4 members (excludes halogenated alkanes) is 3. The van der Waals surface area contributed by atoms with Gasteiger partial charge in [0.2, 0.25) is 0 Å². The van der Waals surface area contributed by atoms with Crippen LogP contribution in [0, 0.1) is 11.8 Å². The first-order valence-corrected chi connectivity index (χ1v) is 5.69. The third-order valence-corrected chi connectivity index (χ3v) is 3.09. The Bertz CT molecular complexity index is 182. The van der Waals surface area contributed by atoms with E-state index in [1.165, 1.54) is 25.7 Å². The van der Waals surface area contributed by atoms with Crippen molar-refractivity contribution in [2.24, 2.45) is 11.8 Å². The minimum absolute atomic E-state index is 0.142. The molecule has 1 rings (SSSR count). The number of carbonyl (C=O) groups is 1. The maximum Gasteiger partial charge on any atom is 0.308 e. The number of aliphatic carboxylic acids is 1. The van der Waals surface area contributed by atoms with Gasteiger partial charge in [-0.05, 0) is 18.9 Å². The Morgan fingerprint density at radius 2 is 2.14 bits per heavy atom. The van der Waals surface area contributed by atoms with Gasteiger partial charge in [0.25, 0.3) is 0 Å². The summed E-state index contributed by atoms with van der Waals surface area (Å²) in [5, 5.41) is 12.1. The molecule has 1 aliphatic heterocycles. The summed E-state index contributed by atoms with van der Waals surface area (Å²) < 4.78 is 0. The lowest BCUT2D eigenvalue weighted by Crippen LogP contribution is -2.22. The molecule has 1 fully saturated rings. The average Bonchev–Trinajstić information content (AvgIpc) is 2.60. The fraction of sp³-hybridized carbons (Fsp3) is 0.909. The first-order valence-electron chi connectivity index (χ1n) is 5.69. The first kappa shape index (κ1) is 11.5. The number of hydrogen-bond acceptors (Lipinski definition) is 2. The number of rotatable bonds is 6. The molecule has 0 bridgehead atoms. The van der Waals surface area contributed by atoms with Crippen LogP contribution in [0.4, 0.5) is 0 Å². The summed E-state index contributed by atoms with van der Waals surface area (Å²) in [7, 11) is 0. The second kappa shape index (κ2) is 6.02. The lowest BCUT2D eigenvalue weighted by Gasteiger charge is -2.13. The molecule has 3 heteroatoms. The Hall–Kier alpha value is -0.570. The van der Waals surface area contributed by atoms with Gasteiger partial charge in [0.15, 0.2) is 0 Å². The number of carboxylic acids is 1. The van der Waals surface area contributed by atoms with Crippen molar-refractivity contribution in [1.82, 2.24) is 5.32 Å². The third kappa shape index (κ3) is 3.29. The zero-order valence-corrected chi connectivity index (χ0v) is 8.96. The van der Waals surface area contributed by atoms with Gasteiger partial charge in [-0.1, -0.05) is 32.6 Å². The zero-order valence-electron chi connectivity index (χ0n) is 8.96. The van der Waals surface area contributed by atoms with Gasteiger partial charge in [-0.2, -0.15) is 0 Å². The molecule has 0 aromatic rings. The van der Waals surface area contributed by atoms with Crippen LogP contribution >= 0.6 is 0 Å². The molecule has 0 unspecified atom stereocenters. The van der Waals surface area contributed by atoms with Gasteiger partial charge in [-0.3, -0.25) is 4.79 Å². The van der Waals surface area contributed by atoms with E-state index < -0.39 is 5.97 Å². The van der Waals surface area contributed by atoms with E-state index in [9.17, 15) is 4.79 Å². The molecule has 0 aliphatic carbocycles. The van der Waals surface area contributed by atoms with E-state index in [1.807, 2.05) is 0 Å². The van der Waals surface area contributed by atoms with Crippen LogP contribution in [0.25, 0.3) is 0 Å². The second-order valence-corrected chi connectivity index (χ2v) is 4.21. The van der Waals surface area contributed by atoms with Crippen LogP contribution in [0.2, 0.25) is 0 Å². The molecule has 2 N–H and O–H groups in total. The third-order valence-electron chi connectivity index (χ3n) is 3.09. The molecule has 0 amide bonds. The molecule has 2 atom stereocenters. The van der Waals surface area contributed by atoms with E-state index in [0.717, 1.165) is 13.0 Å². The van der Waals surface area contributed by atoms with Crippen molar-refractivity contribution in [3.63, 3.8) is 0 Å². The maximum absolute atomic E-state index is 10.9. The van der Waals surface area contributed by atoms with Crippen molar-refractivity contribution in [2.45, 2.75) is 39.0 Å². The second-order valence-electron chi connectivity index (χ2n) is 4.21. The minimum atomic E-state index is -0.629. The Kier molecular flexibility index (Phi) is 4.94. The molecule has 0 aromatic carbocycles. The highest BCUT2D eigenvalue weighted by Gasteiger charge is 2.31. The largest absolute Gasteiger partial charge is 0.481 e. The van der Waals surface area contributed by atoms with Crippen LogP contribution in [-0.4, -0.2) is 24.2 Å². The van der Waals surface area contributed by atoms with Gasteiger partial charge in [0.1, 0.15) is 0 Å². The Morgan fingerprint density at radius 1 is 1.36 bits per heavy atom.